The number of nitrogens with zero attached hydrogens (tertiary/aromatic N) is 7. The van der Waals surface area contributed by atoms with E-state index in [4.69, 9.17) is 0 Å². The summed E-state index contributed by atoms with van der Waals surface area (Å²) >= 11 is 0. The van der Waals surface area contributed by atoms with Crippen LogP contribution in [-0.4, -0.2) is 80.4 Å². The molecular weight excluding hydrogens is 523 g/mol. The largest absolute Gasteiger partial charge is 0.340 e. The third-order valence-electron chi connectivity index (χ3n) is 7.06. The highest BCUT2D eigenvalue weighted by Crippen LogP contribution is 2.26. The maximum Gasteiger partial charge on any atom is 0.255 e. The maximum atomic E-state index is 13.1. The first kappa shape index (κ1) is 28.1. The Labute approximate surface area is 238 Å². The number of aromatic nitrogens is 5. The molecule has 1 amide bonds. The van der Waals surface area contributed by atoms with Gasteiger partial charge in [-0.3, -0.25) is 14.2 Å². The van der Waals surface area contributed by atoms with E-state index in [1.165, 1.54) is 6.33 Å². The molecule has 0 saturated carbocycles. The predicted octanol–water partition coefficient (Wildman–Crippen LogP) is 4.32. The summed E-state index contributed by atoms with van der Waals surface area (Å²) in [5, 5.41) is 13.1. The maximum absolute atomic E-state index is 13.1. The third kappa shape index (κ3) is 6.84. The highest BCUT2D eigenvalue weighted by Gasteiger charge is 2.17. The van der Waals surface area contributed by atoms with E-state index in [9.17, 15) is 9.18 Å². The molecule has 1 fully saturated rings. The van der Waals surface area contributed by atoms with Crippen molar-refractivity contribution in [3.8, 4) is 5.82 Å². The number of rotatable bonds is 9. The van der Waals surface area contributed by atoms with Gasteiger partial charge in [0.25, 0.3) is 5.91 Å². The number of piperazine rings is 1. The first-order chi connectivity index (χ1) is 19.8. The van der Waals surface area contributed by atoms with Crippen molar-refractivity contribution in [1.29, 1.82) is 0 Å². The Morgan fingerprint density at radius 1 is 1.05 bits per heavy atom. The monoisotopic (exact) mass is 558 g/mol. The van der Waals surface area contributed by atoms with Gasteiger partial charge in [-0.15, -0.1) is 0 Å². The molecule has 4 aromatic rings. The molecule has 1 aliphatic rings. The Balaban J connectivity index is 1.34. The molecular formula is C29H35FN10O. The van der Waals surface area contributed by atoms with E-state index in [-0.39, 0.29) is 11.8 Å². The molecule has 1 aromatic carbocycles. The van der Waals surface area contributed by atoms with Gasteiger partial charge in [0.05, 0.1) is 24.3 Å². The van der Waals surface area contributed by atoms with Crippen molar-refractivity contribution in [1.82, 2.24) is 34.6 Å². The topological polar surface area (TPSA) is 116 Å². The summed E-state index contributed by atoms with van der Waals surface area (Å²) in [6.07, 6.45) is 4.68. The van der Waals surface area contributed by atoms with Crippen LogP contribution in [0.2, 0.25) is 0 Å². The van der Waals surface area contributed by atoms with Gasteiger partial charge in [0.1, 0.15) is 18.0 Å². The first-order valence-electron chi connectivity index (χ1n) is 13.6. The molecule has 0 bridgehead atoms. The fourth-order valence-corrected chi connectivity index (χ4v) is 4.49. The highest BCUT2D eigenvalue weighted by atomic mass is 19.1. The summed E-state index contributed by atoms with van der Waals surface area (Å²) in [6, 6.07) is 11.0. The van der Waals surface area contributed by atoms with Gasteiger partial charge < -0.3 is 21.0 Å². The lowest BCUT2D eigenvalue weighted by Gasteiger charge is -2.32. The Kier molecular flexibility index (Phi) is 8.50. The second kappa shape index (κ2) is 12.4. The molecule has 0 aliphatic carbocycles. The van der Waals surface area contributed by atoms with E-state index in [1.54, 1.807) is 42.2 Å². The van der Waals surface area contributed by atoms with Gasteiger partial charge in [-0.05, 0) is 50.2 Å². The van der Waals surface area contributed by atoms with E-state index in [0.29, 0.717) is 28.7 Å². The minimum absolute atomic E-state index is 0.292. The summed E-state index contributed by atoms with van der Waals surface area (Å²) in [4.78, 5) is 28.4. The van der Waals surface area contributed by atoms with Crippen LogP contribution in [0, 0.1) is 13.8 Å². The lowest BCUT2D eigenvalue weighted by Crippen LogP contribution is -2.47. The van der Waals surface area contributed by atoms with Gasteiger partial charge in [-0.1, -0.05) is 13.0 Å². The van der Waals surface area contributed by atoms with E-state index >= 15 is 0 Å². The molecule has 1 atom stereocenters. The number of hydrogen-bond acceptors (Lipinski definition) is 9. The molecule has 0 spiro atoms. The van der Waals surface area contributed by atoms with Crippen LogP contribution < -0.4 is 16.1 Å². The molecule has 1 saturated heterocycles. The average Bonchev–Trinajstić information content (AvgIpc) is 3.35. The van der Waals surface area contributed by atoms with Crippen LogP contribution in [0.25, 0.3) is 5.82 Å². The van der Waals surface area contributed by atoms with Gasteiger partial charge >= 0.3 is 0 Å². The number of anilines is 4. The SMILES string of the molecule is Cc1cc(Nc2cc(C(=O)Nc3cncc(C(C)CF)c3)ccc2C)n(-c2cc(NN3CCN(C)CC3)ncn2)n1. The van der Waals surface area contributed by atoms with Crippen molar-refractivity contribution < 1.29 is 9.18 Å². The normalized spacial score (nSPS) is 15.0. The molecule has 4 heterocycles. The van der Waals surface area contributed by atoms with Crippen LogP contribution in [-0.2, 0) is 0 Å². The fraction of sp³-hybridized carbons (Fsp3) is 0.345. The third-order valence-corrected chi connectivity index (χ3v) is 7.06. The number of alkyl halides is 1. The van der Waals surface area contributed by atoms with Crippen LogP contribution >= 0.6 is 0 Å². The number of carbonyl (C=O) groups excluding carboxylic acids is 1. The summed E-state index contributed by atoms with van der Waals surface area (Å²) in [7, 11) is 2.12. The molecule has 11 nitrogen and oxygen atoms in total. The van der Waals surface area contributed by atoms with Crippen LogP contribution in [0.5, 0.6) is 0 Å². The van der Waals surface area contributed by atoms with Gasteiger partial charge in [0.2, 0.25) is 0 Å². The standard InChI is InChI=1S/C29H35FN10O/c1-19-5-6-22(29(41)34-24-12-23(16-31-17-24)20(2)15-30)13-25(19)35-28-11-21(3)36-40(28)27-14-26(32-18-33-27)37-39-9-7-38(4)8-10-39/h5-6,11-14,16-18,20,35H,7-10,15H2,1-4H3,(H,34,41)(H,32,33,37). The molecule has 41 heavy (non-hydrogen) atoms. The number of nitrogens with one attached hydrogen (secondary N) is 3. The van der Waals surface area contributed by atoms with Gasteiger partial charge in [0, 0.05) is 61.7 Å². The molecule has 3 aromatic heterocycles. The lowest BCUT2D eigenvalue weighted by molar-refractivity contribution is 0.102. The predicted molar refractivity (Wildman–Crippen MR) is 158 cm³/mol. The van der Waals surface area contributed by atoms with Crippen LogP contribution in [0.1, 0.15) is 40.0 Å². The summed E-state index contributed by atoms with van der Waals surface area (Å²) in [6.45, 7) is 8.91. The Morgan fingerprint density at radius 2 is 1.85 bits per heavy atom. The zero-order chi connectivity index (χ0) is 28.9. The smallest absolute Gasteiger partial charge is 0.255 e. The second-order valence-corrected chi connectivity index (χ2v) is 10.4. The Morgan fingerprint density at radius 3 is 2.63 bits per heavy atom. The van der Waals surface area contributed by atoms with Crippen molar-refractivity contribution in [2.24, 2.45) is 0 Å². The number of hydrogen-bond donors (Lipinski definition) is 3. The number of pyridine rings is 1. The van der Waals surface area contributed by atoms with Gasteiger partial charge in [-0.25, -0.2) is 15.0 Å². The summed E-state index contributed by atoms with van der Waals surface area (Å²) in [5.41, 5.74) is 7.59. The zero-order valence-corrected chi connectivity index (χ0v) is 23.7. The Hall–Kier alpha value is -4.42. The van der Waals surface area contributed by atoms with Crippen LogP contribution in [0.3, 0.4) is 0 Å². The zero-order valence-electron chi connectivity index (χ0n) is 23.7. The second-order valence-electron chi connectivity index (χ2n) is 10.4. The number of amides is 1. The minimum atomic E-state index is -0.495. The number of hydrazine groups is 1. The van der Waals surface area contributed by atoms with Crippen molar-refractivity contribution in [2.45, 2.75) is 26.7 Å². The summed E-state index contributed by atoms with van der Waals surface area (Å²) < 4.78 is 14.8. The number of halogens is 1. The number of benzene rings is 1. The first-order valence-corrected chi connectivity index (χ1v) is 13.6. The van der Waals surface area contributed by atoms with Gasteiger partial charge in [0.15, 0.2) is 5.82 Å². The van der Waals surface area contributed by atoms with Crippen molar-refractivity contribution in [3.05, 3.63) is 77.5 Å². The Bertz CT molecular complexity index is 1520. The molecule has 214 valence electrons. The van der Waals surface area contributed by atoms with Crippen molar-refractivity contribution in [3.63, 3.8) is 0 Å². The average molecular weight is 559 g/mol. The number of carbonyl (C=O) groups is 1. The summed E-state index contributed by atoms with van der Waals surface area (Å²) in [5.74, 6) is 1.41. The van der Waals surface area contributed by atoms with E-state index in [1.807, 2.05) is 32.0 Å². The highest BCUT2D eigenvalue weighted by molar-refractivity contribution is 6.05. The van der Waals surface area contributed by atoms with E-state index in [2.05, 4.69) is 53.1 Å². The molecule has 12 heteroatoms. The minimum Gasteiger partial charge on any atom is -0.340 e. The van der Waals surface area contributed by atoms with Crippen LogP contribution in [0.4, 0.5) is 27.4 Å². The van der Waals surface area contributed by atoms with E-state index < -0.39 is 6.67 Å². The van der Waals surface area contributed by atoms with Crippen LogP contribution in [0.15, 0.2) is 55.1 Å². The molecule has 0 radical (unpaired) electrons. The molecule has 3 N–H and O–H groups in total. The quantitative estimate of drug-likeness (QED) is 0.276. The molecule has 5 rings (SSSR count). The number of likely N-dealkylation sites (N-methyl/N-ethyl adjacent to an activating group) is 1. The molecule has 1 unspecified atom stereocenters. The van der Waals surface area contributed by atoms with Gasteiger partial charge in [-0.2, -0.15) is 9.78 Å². The number of aryl methyl sites for hydroxylation is 2. The molecule has 1 aliphatic heterocycles. The lowest BCUT2D eigenvalue weighted by atomic mass is 10.0. The van der Waals surface area contributed by atoms with E-state index in [0.717, 1.165) is 48.7 Å². The fourth-order valence-electron chi connectivity index (χ4n) is 4.49. The van der Waals surface area contributed by atoms with Crippen molar-refractivity contribution >= 4 is 28.9 Å². The van der Waals surface area contributed by atoms with Crippen molar-refractivity contribution in [2.75, 3.05) is 56.0 Å².